The third kappa shape index (κ3) is 3.05. The molecule has 0 aliphatic carbocycles. The van der Waals surface area contributed by atoms with Gasteiger partial charge in [-0.05, 0) is 34.4 Å². The van der Waals surface area contributed by atoms with Gasteiger partial charge in [0, 0.05) is 28.1 Å². The Bertz CT molecular complexity index is 1610. The van der Waals surface area contributed by atoms with Gasteiger partial charge in [-0.25, -0.2) is 35.1 Å². The molecule has 0 unspecified atom stereocenters. The fraction of sp³-hybridized carbons (Fsp3) is 0. The molecular formula is C26H10F8. The monoisotopic (exact) mass is 474 g/mol. The highest BCUT2D eigenvalue weighted by molar-refractivity contribution is 6.21. The van der Waals surface area contributed by atoms with Gasteiger partial charge in [-0.1, -0.05) is 36.4 Å². The normalized spacial score (nSPS) is 11.5. The van der Waals surface area contributed by atoms with Gasteiger partial charge in [0.1, 0.15) is 17.5 Å². The zero-order chi connectivity index (χ0) is 24.3. The molecule has 0 nitrogen and oxygen atoms in total. The maximum absolute atomic E-state index is 15.2. The van der Waals surface area contributed by atoms with Crippen molar-refractivity contribution in [3.63, 3.8) is 0 Å². The Morgan fingerprint density at radius 2 is 0.971 bits per heavy atom. The number of hydrogen-bond donors (Lipinski definition) is 0. The van der Waals surface area contributed by atoms with E-state index in [9.17, 15) is 30.7 Å². The van der Waals surface area contributed by atoms with E-state index in [0.29, 0.717) is 6.07 Å². The van der Waals surface area contributed by atoms with E-state index < -0.39 is 57.7 Å². The topological polar surface area (TPSA) is 0 Å². The van der Waals surface area contributed by atoms with Crippen molar-refractivity contribution in [1.82, 2.24) is 0 Å². The van der Waals surface area contributed by atoms with Crippen molar-refractivity contribution in [2.45, 2.75) is 0 Å². The molecule has 0 saturated carbocycles. The summed E-state index contributed by atoms with van der Waals surface area (Å²) in [7, 11) is 0. The van der Waals surface area contributed by atoms with Gasteiger partial charge in [0.25, 0.3) is 0 Å². The van der Waals surface area contributed by atoms with Crippen molar-refractivity contribution in [2.75, 3.05) is 0 Å². The Hall–Kier alpha value is -3.94. The summed E-state index contributed by atoms with van der Waals surface area (Å²) in [5.74, 6) is -13.7. The van der Waals surface area contributed by atoms with Crippen LogP contribution in [-0.2, 0) is 0 Å². The van der Waals surface area contributed by atoms with Crippen LogP contribution in [0.5, 0.6) is 0 Å². The number of fused-ring (bicyclic) bond motifs is 2. The van der Waals surface area contributed by atoms with Gasteiger partial charge in [0.2, 0.25) is 5.82 Å². The molecule has 0 heterocycles. The molecule has 5 aromatic rings. The van der Waals surface area contributed by atoms with Gasteiger partial charge in [-0.2, -0.15) is 0 Å². The van der Waals surface area contributed by atoms with E-state index >= 15 is 4.39 Å². The molecule has 0 fully saturated rings. The number of rotatable bonds is 2. The average molecular weight is 474 g/mol. The van der Waals surface area contributed by atoms with Crippen LogP contribution in [0.2, 0.25) is 0 Å². The molecule has 5 aromatic carbocycles. The van der Waals surface area contributed by atoms with Crippen LogP contribution in [0.25, 0.3) is 43.8 Å². The molecule has 0 aliphatic rings. The molecule has 34 heavy (non-hydrogen) atoms. The van der Waals surface area contributed by atoms with E-state index in [-0.39, 0.29) is 32.7 Å². The Kier molecular flexibility index (Phi) is 5.04. The Morgan fingerprint density at radius 1 is 0.412 bits per heavy atom. The van der Waals surface area contributed by atoms with Crippen LogP contribution in [0, 0.1) is 46.5 Å². The fourth-order valence-corrected chi connectivity index (χ4v) is 4.25. The molecule has 170 valence electrons. The second kappa shape index (κ2) is 7.83. The van der Waals surface area contributed by atoms with Crippen molar-refractivity contribution >= 4 is 21.5 Å². The summed E-state index contributed by atoms with van der Waals surface area (Å²) in [6, 6.07) is 11.7. The molecule has 8 heteroatoms. The maximum atomic E-state index is 15.2. The van der Waals surface area contributed by atoms with Crippen LogP contribution in [0.15, 0.2) is 60.7 Å². The molecule has 0 bridgehead atoms. The SMILES string of the molecule is Fc1ccc(-c2c3ccccc3c(-c3c(F)c(F)c(F)c(F)c3F)c3cccc(F)c23)c(F)c1. The largest absolute Gasteiger partial charge is 0.207 e. The van der Waals surface area contributed by atoms with Gasteiger partial charge in [0.05, 0.1) is 5.56 Å². The lowest BCUT2D eigenvalue weighted by Gasteiger charge is -2.19. The van der Waals surface area contributed by atoms with Crippen LogP contribution in [0.3, 0.4) is 0 Å². The van der Waals surface area contributed by atoms with Crippen molar-refractivity contribution in [3.05, 3.63) is 107 Å². The van der Waals surface area contributed by atoms with Gasteiger partial charge in [-0.15, -0.1) is 0 Å². The van der Waals surface area contributed by atoms with Crippen molar-refractivity contribution in [2.24, 2.45) is 0 Å². The third-order valence-corrected chi connectivity index (χ3v) is 5.66. The molecule has 0 atom stereocenters. The van der Waals surface area contributed by atoms with Crippen LogP contribution in [0.4, 0.5) is 35.1 Å². The zero-order valence-electron chi connectivity index (χ0n) is 16.8. The highest BCUT2D eigenvalue weighted by Crippen LogP contribution is 2.46. The minimum absolute atomic E-state index is 0.0254. The van der Waals surface area contributed by atoms with E-state index in [0.717, 1.165) is 18.2 Å². The number of halogens is 8. The Balaban J connectivity index is 2.08. The van der Waals surface area contributed by atoms with Crippen molar-refractivity contribution in [1.29, 1.82) is 0 Å². The predicted molar refractivity (Wildman–Crippen MR) is 112 cm³/mol. The molecule has 0 aromatic heterocycles. The van der Waals surface area contributed by atoms with Gasteiger partial charge in [-0.3, -0.25) is 0 Å². The third-order valence-electron chi connectivity index (χ3n) is 5.66. The molecule has 0 spiro atoms. The lowest BCUT2D eigenvalue weighted by molar-refractivity contribution is 0.381. The predicted octanol–water partition coefficient (Wildman–Crippen LogP) is 8.44. The molecule has 0 amide bonds. The first kappa shape index (κ1) is 21.9. The van der Waals surface area contributed by atoms with E-state index in [1.807, 2.05) is 0 Å². The molecule has 0 aliphatic heterocycles. The summed E-state index contributed by atoms with van der Waals surface area (Å²) in [6.07, 6.45) is 0. The summed E-state index contributed by atoms with van der Waals surface area (Å²) >= 11 is 0. The highest BCUT2D eigenvalue weighted by atomic mass is 19.2. The molecule has 0 saturated heterocycles. The summed E-state index contributed by atoms with van der Waals surface area (Å²) in [5, 5.41) is -0.515. The number of benzene rings is 5. The summed E-state index contributed by atoms with van der Waals surface area (Å²) in [6.45, 7) is 0. The van der Waals surface area contributed by atoms with Crippen molar-refractivity contribution in [3.8, 4) is 22.3 Å². The van der Waals surface area contributed by atoms with Crippen molar-refractivity contribution < 1.29 is 35.1 Å². The second-order valence-electron chi connectivity index (χ2n) is 7.53. The highest BCUT2D eigenvalue weighted by Gasteiger charge is 2.30. The van der Waals surface area contributed by atoms with E-state index in [1.54, 1.807) is 0 Å². The quantitative estimate of drug-likeness (QED) is 0.104. The van der Waals surface area contributed by atoms with Gasteiger partial charge >= 0.3 is 0 Å². The molecule has 5 rings (SSSR count). The minimum Gasteiger partial charge on any atom is -0.207 e. The first-order valence-corrected chi connectivity index (χ1v) is 9.82. The Labute approximate surface area is 186 Å². The average Bonchev–Trinajstić information content (AvgIpc) is 2.82. The summed E-state index contributed by atoms with van der Waals surface area (Å²) in [4.78, 5) is 0. The lowest BCUT2D eigenvalue weighted by Crippen LogP contribution is -2.05. The smallest absolute Gasteiger partial charge is 0.200 e. The molecule has 0 radical (unpaired) electrons. The van der Waals surface area contributed by atoms with Crippen LogP contribution in [-0.4, -0.2) is 0 Å². The first-order valence-electron chi connectivity index (χ1n) is 9.82. The second-order valence-corrected chi connectivity index (χ2v) is 7.53. The Morgan fingerprint density at radius 3 is 1.59 bits per heavy atom. The summed E-state index contributed by atoms with van der Waals surface area (Å²) < 4.78 is 115. The minimum atomic E-state index is -2.33. The van der Waals surface area contributed by atoms with Gasteiger partial charge < -0.3 is 0 Å². The van der Waals surface area contributed by atoms with E-state index in [2.05, 4.69) is 0 Å². The standard InChI is InChI=1S/C26H10F8/c27-11-8-9-14(17(29)10-11)18-12-4-1-2-5-13(12)19(15-6-3-7-16(28)20(15)18)21-22(30)24(32)26(34)25(33)23(21)31/h1-10H. The van der Waals surface area contributed by atoms with E-state index in [4.69, 9.17) is 0 Å². The van der Waals surface area contributed by atoms with Crippen LogP contribution in [0.1, 0.15) is 0 Å². The van der Waals surface area contributed by atoms with Crippen LogP contribution < -0.4 is 0 Å². The van der Waals surface area contributed by atoms with Gasteiger partial charge in [0.15, 0.2) is 23.3 Å². The maximum Gasteiger partial charge on any atom is 0.200 e. The van der Waals surface area contributed by atoms with E-state index in [1.165, 1.54) is 36.4 Å². The zero-order valence-corrected chi connectivity index (χ0v) is 16.8. The molecular weight excluding hydrogens is 464 g/mol. The number of hydrogen-bond acceptors (Lipinski definition) is 0. The lowest BCUT2D eigenvalue weighted by atomic mass is 9.85. The van der Waals surface area contributed by atoms with Crippen LogP contribution >= 0.6 is 0 Å². The molecule has 0 N–H and O–H groups in total. The fourth-order valence-electron chi connectivity index (χ4n) is 4.25. The summed E-state index contributed by atoms with van der Waals surface area (Å²) in [5.41, 5.74) is -1.97. The first-order chi connectivity index (χ1) is 16.2.